The Bertz CT molecular complexity index is 53.8. The minimum absolute atomic E-state index is 0. The van der Waals surface area contributed by atoms with E-state index in [4.69, 9.17) is 15.4 Å². The van der Waals surface area contributed by atoms with Crippen molar-refractivity contribution in [3.8, 4) is 0 Å². The van der Waals surface area contributed by atoms with Crippen LogP contribution in [0.15, 0.2) is 0 Å². The van der Waals surface area contributed by atoms with Crippen LogP contribution >= 0.6 is 0 Å². The molecule has 5 nitrogen and oxygen atoms in total. The summed E-state index contributed by atoms with van der Waals surface area (Å²) in [5, 5.41) is 14.3. The van der Waals surface area contributed by atoms with Gasteiger partial charge in [0.05, 0.1) is 0 Å². The van der Waals surface area contributed by atoms with Crippen molar-refractivity contribution in [1.82, 2.24) is 0 Å². The number of hydrogen-bond acceptors (Lipinski definition) is 4. The quantitative estimate of drug-likeness (QED) is 0.210. The van der Waals surface area contributed by atoms with E-state index in [0.29, 0.717) is 0 Å². The first-order chi connectivity index (χ1) is 2.27. The average molecular weight is 151 g/mol. The zero-order chi connectivity index (χ0) is 4.28. The summed E-state index contributed by atoms with van der Waals surface area (Å²) < 4.78 is 0. The number of rotatable bonds is 1. The van der Waals surface area contributed by atoms with E-state index < -0.39 is 5.09 Å². The zero-order valence-electron chi connectivity index (χ0n) is 4.83. The van der Waals surface area contributed by atoms with Gasteiger partial charge in [-0.05, 0) is 0 Å². The Labute approximate surface area is 82.8 Å². The fraction of sp³-hybridized carbons (Fsp3) is 0. The van der Waals surface area contributed by atoms with Gasteiger partial charge in [-0.25, -0.2) is 5.26 Å². The monoisotopic (exact) mass is 151 g/mol. The van der Waals surface area contributed by atoms with Crippen molar-refractivity contribution in [1.29, 1.82) is 0 Å². The van der Waals surface area contributed by atoms with Crippen molar-refractivity contribution in [3.05, 3.63) is 10.1 Å². The summed E-state index contributed by atoms with van der Waals surface area (Å²) in [5.41, 5.74) is 0. The third kappa shape index (κ3) is 19.6. The molecule has 0 aliphatic heterocycles. The molecule has 0 atom stereocenters. The van der Waals surface area contributed by atoms with E-state index in [0.717, 1.165) is 0 Å². The van der Waals surface area contributed by atoms with Gasteiger partial charge in [0.1, 0.15) is 0 Å². The standard InChI is InChI=1S/Al.Ca.HNO4.5H/c;;2-1(3)5-4;;;;;/h;;4H;;;;;/q;+2;;;;;2*-1. The molecule has 0 saturated heterocycles. The second-order valence-electron chi connectivity index (χ2n) is 0.305. The maximum absolute atomic E-state index is 8.70. The van der Waals surface area contributed by atoms with E-state index in [1.165, 1.54) is 0 Å². The number of nitrogens with zero attached hydrogens (tertiary/aromatic N) is 1. The third-order valence-electron chi connectivity index (χ3n) is 0.0667. The van der Waals surface area contributed by atoms with Gasteiger partial charge in [-0.2, -0.15) is 0 Å². The Morgan fingerprint density at radius 1 is 1.86 bits per heavy atom. The fourth-order valence-corrected chi connectivity index (χ4v) is 0. The van der Waals surface area contributed by atoms with Crippen LogP contribution in [-0.2, 0) is 4.99 Å². The predicted octanol–water partition coefficient (Wildman–Crippen LogP) is -1.67. The van der Waals surface area contributed by atoms with Crippen LogP contribution in [0, 0.1) is 10.1 Å². The van der Waals surface area contributed by atoms with Crippen LogP contribution in [0.5, 0.6) is 0 Å². The molecular weight excluding hydrogens is 145 g/mol. The SMILES string of the molecule is O=[N+]([O-])OO.[AlH3].[Ca+2].[H-].[H-]. The molecule has 0 aromatic rings. The van der Waals surface area contributed by atoms with E-state index in [1.807, 2.05) is 0 Å². The van der Waals surface area contributed by atoms with Crippen LogP contribution in [0.25, 0.3) is 0 Å². The van der Waals surface area contributed by atoms with Gasteiger partial charge in [0.2, 0.25) is 0 Å². The molecule has 0 fully saturated rings. The molecule has 0 heterocycles. The molecule has 0 aromatic heterocycles. The van der Waals surface area contributed by atoms with Crippen molar-refractivity contribution < 1.29 is 18.2 Å². The molecule has 0 bridgehead atoms. The van der Waals surface area contributed by atoms with Crippen molar-refractivity contribution in [2.45, 2.75) is 0 Å². The van der Waals surface area contributed by atoms with E-state index >= 15 is 0 Å². The second kappa shape index (κ2) is 10.0. The van der Waals surface area contributed by atoms with Gasteiger partial charge in [-0.3, -0.25) is 0 Å². The molecule has 0 radical (unpaired) electrons. The van der Waals surface area contributed by atoms with Gasteiger partial charge in [0.25, 0.3) is 0 Å². The van der Waals surface area contributed by atoms with Crippen molar-refractivity contribution in [2.75, 3.05) is 0 Å². The van der Waals surface area contributed by atoms with Gasteiger partial charge in [-0.1, -0.05) is 0 Å². The average Bonchev–Trinajstić information content (AvgIpc) is 1.38. The van der Waals surface area contributed by atoms with Gasteiger partial charge < -0.3 is 2.85 Å². The van der Waals surface area contributed by atoms with Crippen LogP contribution < -0.4 is 0 Å². The summed E-state index contributed by atoms with van der Waals surface area (Å²) in [7, 11) is 0. The van der Waals surface area contributed by atoms with Gasteiger partial charge in [0, 0.05) is 0 Å². The summed E-state index contributed by atoms with van der Waals surface area (Å²) in [6.45, 7) is 0. The van der Waals surface area contributed by atoms with Crippen LogP contribution in [0.1, 0.15) is 2.85 Å². The Morgan fingerprint density at radius 2 is 2.00 bits per heavy atom. The molecule has 0 aromatic carbocycles. The summed E-state index contributed by atoms with van der Waals surface area (Å²) in [4.78, 5) is 11.2. The van der Waals surface area contributed by atoms with E-state index in [9.17, 15) is 0 Å². The fourth-order valence-electron chi connectivity index (χ4n) is 0. The minimum atomic E-state index is -1.32. The molecule has 1 N–H and O–H groups in total. The van der Waals surface area contributed by atoms with Crippen molar-refractivity contribution in [3.63, 3.8) is 0 Å². The molecule has 0 saturated carbocycles. The molecule has 7 heavy (non-hydrogen) atoms. The first kappa shape index (κ1) is 15.7. The molecule has 0 rings (SSSR count). The van der Waals surface area contributed by atoms with Crippen LogP contribution in [-0.4, -0.2) is 65.4 Å². The largest absolute Gasteiger partial charge is 2.00 e. The van der Waals surface area contributed by atoms with Crippen molar-refractivity contribution in [2.24, 2.45) is 0 Å². The second-order valence-corrected chi connectivity index (χ2v) is 0.305. The molecule has 0 unspecified atom stereocenters. The normalized spacial score (nSPS) is 4.71. The summed E-state index contributed by atoms with van der Waals surface area (Å²) >= 11 is 0. The maximum atomic E-state index is 8.70. The topological polar surface area (TPSA) is 72.6 Å². The first-order valence-corrected chi connectivity index (χ1v) is 0.730. The molecule has 0 aliphatic rings. The van der Waals surface area contributed by atoms with E-state index in [-0.39, 0.29) is 58.0 Å². The minimum Gasteiger partial charge on any atom is -1.00 e. The van der Waals surface area contributed by atoms with Gasteiger partial charge >= 0.3 is 42.8 Å². The smallest absolute Gasteiger partial charge is 1.00 e. The number of hydrogen-bond donors (Lipinski definition) is 1. The van der Waals surface area contributed by atoms with Crippen LogP contribution in [0.4, 0.5) is 0 Å². The summed E-state index contributed by atoms with van der Waals surface area (Å²) in [6, 6.07) is 0. The van der Waals surface area contributed by atoms with E-state index in [1.54, 1.807) is 0 Å². The molecule has 7 heteroatoms. The molecule has 0 aliphatic carbocycles. The van der Waals surface area contributed by atoms with Gasteiger partial charge in [0.15, 0.2) is 17.4 Å². The summed E-state index contributed by atoms with van der Waals surface area (Å²) in [5.74, 6) is 0. The molecule has 40 valence electrons. The molecule has 0 spiro atoms. The Morgan fingerprint density at radius 3 is 2.00 bits per heavy atom. The molecule has 0 amide bonds. The molecular formula is H6AlCaNO4. The Hall–Kier alpha value is 0.952. The van der Waals surface area contributed by atoms with Gasteiger partial charge in [-0.15, -0.1) is 15.1 Å². The van der Waals surface area contributed by atoms with Crippen LogP contribution in [0.3, 0.4) is 0 Å². The Kier molecular flexibility index (Phi) is 22.5. The maximum Gasteiger partial charge on any atom is 2.00 e. The van der Waals surface area contributed by atoms with Crippen LogP contribution in [0.2, 0.25) is 0 Å². The third-order valence-corrected chi connectivity index (χ3v) is 0.0667. The van der Waals surface area contributed by atoms with E-state index in [2.05, 4.69) is 4.99 Å². The predicted molar refractivity (Wildman–Crippen MR) is 28.6 cm³/mol. The summed E-state index contributed by atoms with van der Waals surface area (Å²) in [6.07, 6.45) is 0. The van der Waals surface area contributed by atoms with Crippen molar-refractivity contribution >= 4 is 55.1 Å². The first-order valence-electron chi connectivity index (χ1n) is 0.730. The Balaban J connectivity index is -0.0000000133. The zero-order valence-corrected chi connectivity index (χ0v) is 5.03.